The van der Waals surface area contributed by atoms with Crippen molar-refractivity contribution in [2.75, 3.05) is 7.11 Å². The number of hydrogen-bond acceptors (Lipinski definition) is 6. The molecule has 0 amide bonds. The van der Waals surface area contributed by atoms with Crippen molar-refractivity contribution in [3.05, 3.63) is 46.5 Å². The fourth-order valence-electron chi connectivity index (χ4n) is 2.06. The number of aromatic nitrogens is 5. The van der Waals surface area contributed by atoms with E-state index < -0.39 is 5.76 Å². The number of benzene rings is 1. The van der Waals surface area contributed by atoms with E-state index in [9.17, 15) is 4.79 Å². The Hall–Kier alpha value is -3.16. The lowest BCUT2D eigenvalue weighted by molar-refractivity contribution is 0.379. The Morgan fingerprint density at radius 2 is 2.13 bits per heavy atom. The summed E-state index contributed by atoms with van der Waals surface area (Å²) in [5.74, 6) is 1.20. The highest BCUT2D eigenvalue weighted by Gasteiger charge is 2.07. The molecule has 0 aliphatic rings. The molecule has 0 atom stereocenters. The molecule has 0 aliphatic heterocycles. The molecule has 0 radical (unpaired) electrons. The number of methoxy groups -OCH3 is 1. The highest BCUT2D eigenvalue weighted by Crippen LogP contribution is 2.23. The average Bonchev–Trinajstić information content (AvgIpc) is 3.13. The normalized spacial score (nSPS) is 11.3. The topological polar surface area (TPSA) is 88.0 Å². The molecule has 2 heterocycles. The summed E-state index contributed by atoms with van der Waals surface area (Å²) in [6.07, 6.45) is 4.82. The van der Waals surface area contributed by atoms with Crippen molar-refractivity contribution in [1.82, 2.24) is 24.5 Å². The van der Waals surface area contributed by atoms with Crippen LogP contribution in [-0.2, 0) is 7.05 Å². The SMILES string of the molecule is COc1cc(C)cc(-c2ncn(/C=C\c3noc(=O)n3C)n2)c1. The Kier molecular flexibility index (Phi) is 3.80. The lowest BCUT2D eigenvalue weighted by Crippen LogP contribution is -2.10. The van der Waals surface area contributed by atoms with Gasteiger partial charge in [0, 0.05) is 24.9 Å². The van der Waals surface area contributed by atoms with Crippen LogP contribution in [0.5, 0.6) is 5.75 Å². The Balaban J connectivity index is 1.87. The lowest BCUT2D eigenvalue weighted by atomic mass is 10.1. The second kappa shape index (κ2) is 5.91. The summed E-state index contributed by atoms with van der Waals surface area (Å²) in [5.41, 5.74) is 1.92. The van der Waals surface area contributed by atoms with Crippen LogP contribution in [0.3, 0.4) is 0 Å². The van der Waals surface area contributed by atoms with Crippen molar-refractivity contribution < 1.29 is 9.26 Å². The van der Waals surface area contributed by atoms with E-state index in [1.807, 2.05) is 25.1 Å². The molecule has 8 heteroatoms. The zero-order valence-corrected chi connectivity index (χ0v) is 12.9. The van der Waals surface area contributed by atoms with Crippen LogP contribution >= 0.6 is 0 Å². The Morgan fingerprint density at radius 1 is 1.30 bits per heavy atom. The Morgan fingerprint density at radius 3 is 2.83 bits per heavy atom. The van der Waals surface area contributed by atoms with Gasteiger partial charge in [-0.05, 0) is 30.7 Å². The van der Waals surface area contributed by atoms with Gasteiger partial charge in [0.2, 0.25) is 0 Å². The zero-order chi connectivity index (χ0) is 16.4. The van der Waals surface area contributed by atoms with Crippen molar-refractivity contribution in [1.29, 1.82) is 0 Å². The quantitative estimate of drug-likeness (QED) is 0.726. The number of aryl methyl sites for hydroxylation is 1. The van der Waals surface area contributed by atoms with E-state index in [-0.39, 0.29) is 0 Å². The number of rotatable bonds is 4. The molecule has 0 fully saturated rings. The van der Waals surface area contributed by atoms with Gasteiger partial charge in [-0.15, -0.1) is 5.10 Å². The van der Waals surface area contributed by atoms with Gasteiger partial charge in [-0.2, -0.15) is 0 Å². The van der Waals surface area contributed by atoms with Gasteiger partial charge in [0.25, 0.3) is 0 Å². The van der Waals surface area contributed by atoms with Crippen LogP contribution in [0.15, 0.2) is 33.8 Å². The maximum atomic E-state index is 11.2. The van der Waals surface area contributed by atoms with Crippen LogP contribution in [-0.4, -0.2) is 31.6 Å². The molecule has 118 valence electrons. The van der Waals surface area contributed by atoms with Crippen LogP contribution in [0.1, 0.15) is 11.4 Å². The molecule has 0 saturated heterocycles. The van der Waals surface area contributed by atoms with Crippen LogP contribution in [0.25, 0.3) is 23.7 Å². The highest BCUT2D eigenvalue weighted by molar-refractivity contribution is 5.60. The molecule has 0 aliphatic carbocycles. The summed E-state index contributed by atoms with van der Waals surface area (Å²) in [4.78, 5) is 15.5. The van der Waals surface area contributed by atoms with Crippen LogP contribution < -0.4 is 10.5 Å². The molecule has 0 unspecified atom stereocenters. The van der Waals surface area contributed by atoms with Gasteiger partial charge in [-0.25, -0.2) is 14.5 Å². The molecule has 2 aromatic heterocycles. The second-order valence-corrected chi connectivity index (χ2v) is 4.97. The maximum Gasteiger partial charge on any atom is 0.441 e. The minimum atomic E-state index is -0.518. The van der Waals surface area contributed by atoms with Crippen molar-refractivity contribution in [3.63, 3.8) is 0 Å². The zero-order valence-electron chi connectivity index (χ0n) is 12.9. The second-order valence-electron chi connectivity index (χ2n) is 4.97. The van der Waals surface area contributed by atoms with Crippen molar-refractivity contribution in [3.8, 4) is 17.1 Å². The third-order valence-electron chi connectivity index (χ3n) is 3.26. The molecular weight excluding hydrogens is 298 g/mol. The van der Waals surface area contributed by atoms with E-state index in [1.54, 1.807) is 32.8 Å². The van der Waals surface area contributed by atoms with Crippen LogP contribution in [0, 0.1) is 6.92 Å². The first-order valence-corrected chi connectivity index (χ1v) is 6.85. The largest absolute Gasteiger partial charge is 0.497 e. The van der Waals surface area contributed by atoms with Crippen LogP contribution in [0.4, 0.5) is 0 Å². The first-order chi connectivity index (χ1) is 11.1. The van der Waals surface area contributed by atoms with Gasteiger partial charge < -0.3 is 4.74 Å². The fourth-order valence-corrected chi connectivity index (χ4v) is 2.06. The summed E-state index contributed by atoms with van der Waals surface area (Å²) < 4.78 is 12.6. The average molecular weight is 313 g/mol. The van der Waals surface area contributed by atoms with Gasteiger partial charge in [0.1, 0.15) is 12.1 Å². The van der Waals surface area contributed by atoms with Gasteiger partial charge in [-0.1, -0.05) is 5.16 Å². The molecule has 0 bridgehead atoms. The van der Waals surface area contributed by atoms with Gasteiger partial charge in [-0.3, -0.25) is 9.09 Å². The van der Waals surface area contributed by atoms with Gasteiger partial charge >= 0.3 is 5.76 Å². The summed E-state index contributed by atoms with van der Waals surface area (Å²) in [7, 11) is 3.19. The van der Waals surface area contributed by atoms with Gasteiger partial charge in [0.05, 0.1) is 7.11 Å². The molecule has 3 rings (SSSR count). The minimum Gasteiger partial charge on any atom is -0.497 e. The van der Waals surface area contributed by atoms with E-state index in [4.69, 9.17) is 4.74 Å². The first-order valence-electron chi connectivity index (χ1n) is 6.85. The third kappa shape index (κ3) is 3.05. The third-order valence-corrected chi connectivity index (χ3v) is 3.26. The van der Waals surface area contributed by atoms with E-state index in [0.29, 0.717) is 11.6 Å². The standard InChI is InChI=1S/C15H15N5O3/c1-10-6-11(8-12(7-10)22-3)14-16-9-20(17-14)5-4-13-18-23-15(21)19(13)2/h4-9H,1-3H3/b5-4-. The number of nitrogens with zero attached hydrogens (tertiary/aromatic N) is 5. The summed E-state index contributed by atoms with van der Waals surface area (Å²) in [6.45, 7) is 1.98. The molecule has 0 spiro atoms. The van der Waals surface area contributed by atoms with E-state index in [2.05, 4.69) is 19.8 Å². The summed E-state index contributed by atoms with van der Waals surface area (Å²) in [6, 6.07) is 5.79. The van der Waals surface area contributed by atoms with E-state index >= 15 is 0 Å². The first kappa shape index (κ1) is 14.8. The molecule has 0 saturated carbocycles. The molecule has 0 N–H and O–H groups in total. The molecular formula is C15H15N5O3. The van der Waals surface area contributed by atoms with Crippen molar-refractivity contribution in [2.24, 2.45) is 7.05 Å². The maximum absolute atomic E-state index is 11.2. The smallest absolute Gasteiger partial charge is 0.441 e. The predicted octanol–water partition coefficient (Wildman–Crippen LogP) is 1.58. The predicted molar refractivity (Wildman–Crippen MR) is 83.7 cm³/mol. The fraction of sp³-hybridized carbons (Fsp3) is 0.200. The lowest BCUT2D eigenvalue weighted by Gasteiger charge is -2.03. The number of ether oxygens (including phenoxy) is 1. The molecule has 3 aromatic rings. The van der Waals surface area contributed by atoms with Crippen molar-refractivity contribution in [2.45, 2.75) is 6.92 Å². The summed E-state index contributed by atoms with van der Waals surface area (Å²) >= 11 is 0. The highest BCUT2D eigenvalue weighted by atomic mass is 16.5. The number of hydrogen-bond donors (Lipinski definition) is 0. The Bertz CT molecular complexity index is 919. The van der Waals surface area contributed by atoms with Crippen molar-refractivity contribution >= 4 is 12.3 Å². The molecule has 23 heavy (non-hydrogen) atoms. The molecule has 1 aromatic carbocycles. The monoisotopic (exact) mass is 313 g/mol. The summed E-state index contributed by atoms with van der Waals surface area (Å²) in [5, 5.41) is 8.01. The Labute approximate surface area is 131 Å². The van der Waals surface area contributed by atoms with Crippen LogP contribution in [0.2, 0.25) is 0 Å². The van der Waals surface area contributed by atoms with Gasteiger partial charge in [0.15, 0.2) is 11.6 Å². The molecule has 8 nitrogen and oxygen atoms in total. The van der Waals surface area contributed by atoms with E-state index in [1.165, 1.54) is 9.25 Å². The van der Waals surface area contributed by atoms with E-state index in [0.717, 1.165) is 16.9 Å². The minimum absolute atomic E-state index is 0.393.